The number of ether oxygens (including phenoxy) is 1. The summed E-state index contributed by atoms with van der Waals surface area (Å²) in [5, 5.41) is 20.5. The molecule has 0 radical (unpaired) electrons. The average Bonchev–Trinajstić information content (AvgIpc) is 3.23. The average molecular weight is 280 g/mol. The lowest BCUT2D eigenvalue weighted by Gasteiger charge is -2.20. The number of benzene rings is 1. The van der Waals surface area contributed by atoms with E-state index >= 15 is 0 Å². The molecule has 0 spiro atoms. The first-order chi connectivity index (χ1) is 9.56. The van der Waals surface area contributed by atoms with Crippen LogP contribution in [0.15, 0.2) is 24.3 Å². The Morgan fingerprint density at radius 3 is 2.95 bits per heavy atom. The van der Waals surface area contributed by atoms with Crippen molar-refractivity contribution >= 4 is 5.69 Å². The number of nitro groups is 1. The van der Waals surface area contributed by atoms with Gasteiger partial charge in [-0.2, -0.15) is 0 Å². The van der Waals surface area contributed by atoms with Gasteiger partial charge in [0.05, 0.1) is 17.1 Å². The van der Waals surface area contributed by atoms with Gasteiger partial charge in [0.15, 0.2) is 0 Å². The summed E-state index contributed by atoms with van der Waals surface area (Å²) < 4.78 is 5.50. The molecule has 1 N–H and O–H groups in total. The third kappa shape index (κ3) is 4.47. The number of rotatable bonds is 8. The maximum atomic E-state index is 10.6. The zero-order valence-corrected chi connectivity index (χ0v) is 11.6. The first-order valence-electron chi connectivity index (χ1n) is 6.80. The molecule has 0 heterocycles. The Hall–Kier alpha value is -1.66. The predicted octanol–water partition coefficient (Wildman–Crippen LogP) is 1.68. The van der Waals surface area contributed by atoms with Gasteiger partial charge in [-0.15, -0.1) is 0 Å². The molecule has 1 saturated carbocycles. The second kappa shape index (κ2) is 6.67. The lowest BCUT2D eigenvalue weighted by Crippen LogP contribution is -2.33. The fraction of sp³-hybridized carbons (Fsp3) is 0.571. The quantitative estimate of drug-likeness (QED) is 0.579. The summed E-state index contributed by atoms with van der Waals surface area (Å²) in [4.78, 5) is 12.2. The van der Waals surface area contributed by atoms with Gasteiger partial charge in [0.2, 0.25) is 0 Å². The van der Waals surface area contributed by atoms with Crippen molar-refractivity contribution in [1.82, 2.24) is 4.90 Å². The summed E-state index contributed by atoms with van der Waals surface area (Å²) >= 11 is 0. The molecular weight excluding hydrogens is 260 g/mol. The van der Waals surface area contributed by atoms with E-state index in [9.17, 15) is 15.2 Å². The van der Waals surface area contributed by atoms with E-state index in [-0.39, 0.29) is 11.8 Å². The molecule has 0 bridgehead atoms. The number of hydrogen-bond donors (Lipinski definition) is 1. The highest BCUT2D eigenvalue weighted by Gasteiger charge is 2.30. The standard InChI is InChI=1S/C14H20N2O4/c1-15(10-14(17)11-5-6-11)7-8-20-13-4-2-3-12(9-13)16(18)19/h2-4,9,11,14,17H,5-8,10H2,1H3. The number of nitrogens with zero attached hydrogens (tertiary/aromatic N) is 2. The Morgan fingerprint density at radius 2 is 2.30 bits per heavy atom. The number of hydrogen-bond acceptors (Lipinski definition) is 5. The molecular formula is C14H20N2O4. The summed E-state index contributed by atoms with van der Waals surface area (Å²) in [6.07, 6.45) is 2.00. The van der Waals surface area contributed by atoms with Crippen LogP contribution in [0.1, 0.15) is 12.8 Å². The van der Waals surface area contributed by atoms with E-state index in [2.05, 4.69) is 0 Å². The summed E-state index contributed by atoms with van der Waals surface area (Å²) in [6, 6.07) is 6.16. The zero-order valence-electron chi connectivity index (χ0n) is 11.6. The van der Waals surface area contributed by atoms with Gasteiger partial charge in [-0.1, -0.05) is 6.07 Å². The maximum Gasteiger partial charge on any atom is 0.273 e. The molecule has 2 rings (SSSR count). The highest BCUT2D eigenvalue weighted by molar-refractivity contribution is 5.37. The van der Waals surface area contributed by atoms with Crippen LogP contribution < -0.4 is 4.74 Å². The molecule has 1 atom stereocenters. The van der Waals surface area contributed by atoms with Gasteiger partial charge in [0.1, 0.15) is 12.4 Å². The van der Waals surface area contributed by atoms with Gasteiger partial charge in [-0.05, 0) is 31.9 Å². The van der Waals surface area contributed by atoms with Crippen LogP contribution in [0.5, 0.6) is 5.75 Å². The Labute approximate surface area is 118 Å². The van der Waals surface area contributed by atoms with Crippen molar-refractivity contribution in [2.75, 3.05) is 26.7 Å². The van der Waals surface area contributed by atoms with Crippen molar-refractivity contribution in [1.29, 1.82) is 0 Å². The van der Waals surface area contributed by atoms with Gasteiger partial charge in [0.25, 0.3) is 5.69 Å². The molecule has 0 amide bonds. The summed E-state index contributed by atoms with van der Waals surface area (Å²) in [7, 11) is 1.93. The van der Waals surface area contributed by atoms with Crippen LogP contribution >= 0.6 is 0 Å². The predicted molar refractivity (Wildman–Crippen MR) is 74.8 cm³/mol. The minimum atomic E-state index is -0.440. The van der Waals surface area contributed by atoms with E-state index in [1.165, 1.54) is 12.1 Å². The number of non-ortho nitro benzene ring substituents is 1. The molecule has 1 aromatic rings. The van der Waals surface area contributed by atoms with Crippen molar-refractivity contribution in [2.45, 2.75) is 18.9 Å². The van der Waals surface area contributed by atoms with Crippen molar-refractivity contribution in [2.24, 2.45) is 5.92 Å². The molecule has 0 saturated heterocycles. The van der Waals surface area contributed by atoms with Crippen molar-refractivity contribution in [3.05, 3.63) is 34.4 Å². The molecule has 1 aliphatic carbocycles. The number of aliphatic hydroxyl groups is 1. The second-order valence-electron chi connectivity index (χ2n) is 5.27. The van der Waals surface area contributed by atoms with Crippen LogP contribution in [0.2, 0.25) is 0 Å². The van der Waals surface area contributed by atoms with Crippen LogP contribution in [0, 0.1) is 16.0 Å². The fourth-order valence-corrected chi connectivity index (χ4v) is 2.05. The highest BCUT2D eigenvalue weighted by Crippen LogP contribution is 2.32. The van der Waals surface area contributed by atoms with E-state index in [1.807, 2.05) is 11.9 Å². The van der Waals surface area contributed by atoms with E-state index in [0.29, 0.717) is 31.4 Å². The maximum absolute atomic E-state index is 10.6. The van der Waals surface area contributed by atoms with E-state index < -0.39 is 4.92 Å². The summed E-state index contributed by atoms with van der Waals surface area (Å²) in [6.45, 7) is 1.75. The minimum Gasteiger partial charge on any atom is -0.492 e. The molecule has 110 valence electrons. The molecule has 1 aromatic carbocycles. The van der Waals surface area contributed by atoms with E-state index in [1.54, 1.807) is 12.1 Å². The van der Waals surface area contributed by atoms with Crippen LogP contribution in [0.25, 0.3) is 0 Å². The Balaban J connectivity index is 1.71. The largest absolute Gasteiger partial charge is 0.492 e. The first kappa shape index (κ1) is 14.7. The van der Waals surface area contributed by atoms with Crippen molar-refractivity contribution in [3.63, 3.8) is 0 Å². The van der Waals surface area contributed by atoms with Gasteiger partial charge in [-0.25, -0.2) is 0 Å². The third-order valence-corrected chi connectivity index (χ3v) is 3.44. The molecule has 0 aromatic heterocycles. The topological polar surface area (TPSA) is 75.8 Å². The zero-order chi connectivity index (χ0) is 14.5. The molecule has 20 heavy (non-hydrogen) atoms. The van der Waals surface area contributed by atoms with Crippen molar-refractivity contribution in [3.8, 4) is 5.75 Å². The second-order valence-corrected chi connectivity index (χ2v) is 5.27. The van der Waals surface area contributed by atoms with Gasteiger partial charge < -0.3 is 14.7 Å². The van der Waals surface area contributed by atoms with Crippen LogP contribution in [-0.2, 0) is 0 Å². The third-order valence-electron chi connectivity index (χ3n) is 3.44. The van der Waals surface area contributed by atoms with E-state index in [0.717, 1.165) is 12.8 Å². The summed E-state index contributed by atoms with van der Waals surface area (Å²) in [5.74, 6) is 0.963. The van der Waals surface area contributed by atoms with Crippen LogP contribution in [0.4, 0.5) is 5.69 Å². The molecule has 1 fully saturated rings. The Kier molecular flexibility index (Phi) is 4.92. The monoisotopic (exact) mass is 280 g/mol. The molecule has 1 unspecified atom stereocenters. The first-order valence-corrected chi connectivity index (χ1v) is 6.80. The Morgan fingerprint density at radius 1 is 1.55 bits per heavy atom. The normalized spacial score (nSPS) is 16.1. The van der Waals surface area contributed by atoms with Gasteiger partial charge in [0, 0.05) is 19.2 Å². The number of likely N-dealkylation sites (N-methyl/N-ethyl adjacent to an activating group) is 1. The van der Waals surface area contributed by atoms with Gasteiger partial charge in [-0.3, -0.25) is 10.1 Å². The number of aliphatic hydroxyl groups excluding tert-OH is 1. The highest BCUT2D eigenvalue weighted by atomic mass is 16.6. The lowest BCUT2D eigenvalue weighted by molar-refractivity contribution is -0.384. The molecule has 0 aliphatic heterocycles. The van der Waals surface area contributed by atoms with Gasteiger partial charge >= 0.3 is 0 Å². The smallest absolute Gasteiger partial charge is 0.273 e. The lowest BCUT2D eigenvalue weighted by atomic mass is 10.2. The summed E-state index contributed by atoms with van der Waals surface area (Å²) in [5.41, 5.74) is 0.0278. The fourth-order valence-electron chi connectivity index (χ4n) is 2.05. The van der Waals surface area contributed by atoms with E-state index in [4.69, 9.17) is 4.74 Å². The Bertz CT molecular complexity index is 462. The van der Waals surface area contributed by atoms with Crippen LogP contribution in [0.3, 0.4) is 0 Å². The number of nitro benzene ring substituents is 1. The molecule has 6 heteroatoms. The van der Waals surface area contributed by atoms with Crippen molar-refractivity contribution < 1.29 is 14.8 Å². The van der Waals surface area contributed by atoms with Crippen LogP contribution in [-0.4, -0.2) is 47.8 Å². The molecule has 6 nitrogen and oxygen atoms in total. The minimum absolute atomic E-state index is 0.0278. The SMILES string of the molecule is CN(CCOc1cccc([N+](=O)[O-])c1)CC(O)C1CC1. The molecule has 1 aliphatic rings.